The molecule has 1 aliphatic rings. The Morgan fingerprint density at radius 2 is 1.91 bits per heavy atom. The zero-order valence-corrected chi connectivity index (χ0v) is 13.4. The molecule has 0 N–H and O–H groups in total. The highest BCUT2D eigenvalue weighted by Crippen LogP contribution is 2.33. The number of anilines is 1. The van der Waals surface area contributed by atoms with E-state index in [1.807, 2.05) is 23.9 Å². The second-order valence-electron chi connectivity index (χ2n) is 5.81. The molecule has 0 fully saturated rings. The number of nitrogens with zero attached hydrogens (tertiary/aromatic N) is 2. The number of hydrogen-bond acceptors (Lipinski definition) is 2. The Bertz CT molecular complexity index is 934. The van der Waals surface area contributed by atoms with Gasteiger partial charge in [0.05, 0.1) is 5.56 Å². The molecular weight excluding hydrogens is 284 g/mol. The van der Waals surface area contributed by atoms with Crippen LogP contribution in [0.2, 0.25) is 0 Å². The first-order chi connectivity index (χ1) is 11.3. The maximum absolute atomic E-state index is 5.87. The summed E-state index contributed by atoms with van der Waals surface area (Å²) in [5.41, 5.74) is 5.73. The summed E-state index contributed by atoms with van der Waals surface area (Å²) in [5, 5.41) is 1.14. The molecule has 0 saturated carbocycles. The minimum Gasteiger partial charge on any atom is -0.344 e. The zero-order chi connectivity index (χ0) is 15.8. The number of benzene rings is 2. The van der Waals surface area contributed by atoms with Crippen LogP contribution in [-0.2, 0) is 7.05 Å². The smallest absolute Gasteiger partial charge is 0.269 e. The molecule has 3 heteroatoms. The lowest BCUT2D eigenvalue weighted by atomic mass is 10.00. The van der Waals surface area contributed by atoms with Gasteiger partial charge in [0.15, 0.2) is 7.05 Å². The molecule has 114 valence electrons. The molecule has 2 heterocycles. The lowest BCUT2D eigenvalue weighted by Gasteiger charge is -2.23. The van der Waals surface area contributed by atoms with Crippen molar-refractivity contribution < 1.29 is 9.26 Å². The molecule has 1 aromatic heterocycles. The Morgan fingerprint density at radius 3 is 2.74 bits per heavy atom. The third-order valence-corrected chi connectivity index (χ3v) is 4.38. The highest BCUT2D eigenvalue weighted by atomic mass is 16.5. The molecule has 0 aliphatic carbocycles. The van der Waals surface area contributed by atoms with Gasteiger partial charge in [-0.25, -0.2) is 4.52 Å². The van der Waals surface area contributed by atoms with Gasteiger partial charge in [0.25, 0.3) is 5.69 Å². The van der Waals surface area contributed by atoms with Gasteiger partial charge in [0, 0.05) is 18.4 Å². The van der Waals surface area contributed by atoms with Crippen LogP contribution >= 0.6 is 0 Å². The predicted molar refractivity (Wildman–Crippen MR) is 93.2 cm³/mol. The van der Waals surface area contributed by atoms with E-state index >= 15 is 0 Å². The van der Waals surface area contributed by atoms with E-state index in [1.165, 1.54) is 16.8 Å². The fraction of sp³-hybridized carbons (Fsp3) is 0.150. The summed E-state index contributed by atoms with van der Waals surface area (Å²) in [6, 6.07) is 14.6. The van der Waals surface area contributed by atoms with Crippen LogP contribution < -0.4 is 9.64 Å². The van der Waals surface area contributed by atoms with E-state index in [2.05, 4.69) is 66.6 Å². The summed E-state index contributed by atoms with van der Waals surface area (Å²) in [5.74, 6) is 0. The quantitative estimate of drug-likeness (QED) is 0.664. The molecule has 0 spiro atoms. The third kappa shape index (κ3) is 2.25. The first kappa shape index (κ1) is 13.8. The van der Waals surface area contributed by atoms with Crippen LogP contribution in [0.25, 0.3) is 22.2 Å². The maximum atomic E-state index is 5.87. The summed E-state index contributed by atoms with van der Waals surface area (Å²) in [7, 11) is 1.96. The van der Waals surface area contributed by atoms with Gasteiger partial charge in [-0.05, 0) is 47.6 Å². The Kier molecular flexibility index (Phi) is 3.27. The molecule has 4 rings (SSSR count). The summed E-state index contributed by atoms with van der Waals surface area (Å²) >= 11 is 0. The highest BCUT2D eigenvalue weighted by molar-refractivity contribution is 5.91. The van der Waals surface area contributed by atoms with Gasteiger partial charge in [0.2, 0.25) is 5.58 Å². The molecule has 3 nitrogen and oxygen atoms in total. The lowest BCUT2D eigenvalue weighted by molar-refractivity contribution is -0.832. The van der Waals surface area contributed by atoms with Crippen molar-refractivity contribution in [3.8, 4) is 11.3 Å². The summed E-state index contributed by atoms with van der Waals surface area (Å²) < 4.78 is 7.74. The van der Waals surface area contributed by atoms with E-state index in [0.29, 0.717) is 0 Å². The van der Waals surface area contributed by atoms with Crippen LogP contribution in [-0.4, -0.2) is 6.54 Å². The lowest BCUT2D eigenvalue weighted by Crippen LogP contribution is -2.27. The fourth-order valence-electron chi connectivity index (χ4n) is 3.26. The Hall–Kier alpha value is -2.81. The average Bonchev–Trinajstić information content (AvgIpc) is 2.92. The number of aryl methyl sites for hydroxylation is 1. The second kappa shape index (κ2) is 5.43. The number of fused-ring (bicyclic) bond motifs is 1. The molecule has 1 aliphatic heterocycles. The van der Waals surface area contributed by atoms with E-state index < -0.39 is 0 Å². The fourth-order valence-corrected chi connectivity index (χ4v) is 3.26. The largest absolute Gasteiger partial charge is 0.344 e. The van der Waals surface area contributed by atoms with Crippen LogP contribution in [0.5, 0.6) is 0 Å². The van der Waals surface area contributed by atoms with Gasteiger partial charge in [-0.15, -0.1) is 0 Å². The number of hydrogen-bond donors (Lipinski definition) is 0. The Morgan fingerprint density at radius 1 is 1.04 bits per heavy atom. The zero-order valence-electron chi connectivity index (χ0n) is 13.4. The molecule has 0 unspecified atom stereocenters. The normalized spacial score (nSPS) is 13.9. The van der Waals surface area contributed by atoms with Gasteiger partial charge in [-0.1, -0.05) is 30.4 Å². The van der Waals surface area contributed by atoms with E-state index in [0.717, 1.165) is 23.2 Å². The van der Waals surface area contributed by atoms with Crippen molar-refractivity contribution >= 4 is 16.7 Å². The van der Waals surface area contributed by atoms with Crippen LogP contribution in [0.4, 0.5) is 5.69 Å². The van der Waals surface area contributed by atoms with Crippen LogP contribution in [0.3, 0.4) is 0 Å². The van der Waals surface area contributed by atoms with E-state index in [4.69, 9.17) is 4.52 Å². The van der Waals surface area contributed by atoms with Crippen molar-refractivity contribution in [2.24, 2.45) is 7.05 Å². The molecule has 0 radical (unpaired) electrons. The first-order valence-electron chi connectivity index (χ1n) is 7.84. The standard InChI is InChI=1S/C20H19N2O/c1-15-16(10-8-11-18(15)22-13-6-3-7-14-22)20-17-9-4-5-12-19(17)23-21(20)2/h3-13H,14H2,1-2H3/q+1. The van der Waals surface area contributed by atoms with E-state index in [9.17, 15) is 0 Å². The number of allylic oxidation sites excluding steroid dienone is 2. The average molecular weight is 303 g/mol. The second-order valence-corrected chi connectivity index (χ2v) is 5.81. The van der Waals surface area contributed by atoms with Crippen LogP contribution in [0.1, 0.15) is 5.56 Å². The number of rotatable bonds is 2. The number of para-hydroxylation sites is 1. The van der Waals surface area contributed by atoms with Crippen molar-refractivity contribution in [3.63, 3.8) is 0 Å². The van der Waals surface area contributed by atoms with Crippen molar-refractivity contribution in [1.82, 2.24) is 0 Å². The molecule has 0 saturated heterocycles. The minimum atomic E-state index is 0.902. The SMILES string of the molecule is Cc1c(-c2c3ccccc3o[n+]2C)cccc1N1C=CC=CC1. The van der Waals surface area contributed by atoms with E-state index in [1.54, 1.807) is 0 Å². The Labute approximate surface area is 135 Å². The maximum Gasteiger partial charge on any atom is 0.269 e. The van der Waals surface area contributed by atoms with Gasteiger partial charge in [0.1, 0.15) is 5.39 Å². The van der Waals surface area contributed by atoms with Gasteiger partial charge in [-0.2, -0.15) is 0 Å². The van der Waals surface area contributed by atoms with Crippen LogP contribution in [0.15, 0.2) is 71.4 Å². The molecule has 0 atom stereocenters. The highest BCUT2D eigenvalue weighted by Gasteiger charge is 2.24. The Balaban J connectivity index is 1.90. The van der Waals surface area contributed by atoms with Gasteiger partial charge in [-0.3, -0.25) is 0 Å². The van der Waals surface area contributed by atoms with Crippen molar-refractivity contribution in [2.75, 3.05) is 11.4 Å². The topological polar surface area (TPSA) is 20.3 Å². The third-order valence-electron chi connectivity index (χ3n) is 4.38. The molecule has 23 heavy (non-hydrogen) atoms. The molecule has 3 aromatic rings. The van der Waals surface area contributed by atoms with Crippen molar-refractivity contribution in [3.05, 3.63) is 72.5 Å². The summed E-state index contributed by atoms with van der Waals surface area (Å²) in [6.07, 6.45) is 8.45. The van der Waals surface area contributed by atoms with Gasteiger partial charge >= 0.3 is 0 Å². The first-order valence-corrected chi connectivity index (χ1v) is 7.84. The van der Waals surface area contributed by atoms with Gasteiger partial charge < -0.3 is 4.90 Å². The number of aromatic nitrogens is 1. The predicted octanol–water partition coefficient (Wildman–Crippen LogP) is 4.12. The molecular formula is C20H19N2O+. The molecule has 0 bridgehead atoms. The van der Waals surface area contributed by atoms with Crippen LogP contribution in [0, 0.1) is 6.92 Å². The minimum absolute atomic E-state index is 0.902. The summed E-state index contributed by atoms with van der Waals surface area (Å²) in [4.78, 5) is 2.26. The van der Waals surface area contributed by atoms with Crippen molar-refractivity contribution in [1.29, 1.82) is 0 Å². The monoisotopic (exact) mass is 303 g/mol. The molecule has 2 aromatic carbocycles. The molecule has 0 amide bonds. The van der Waals surface area contributed by atoms with E-state index in [-0.39, 0.29) is 0 Å². The van der Waals surface area contributed by atoms with Crippen molar-refractivity contribution in [2.45, 2.75) is 6.92 Å². The summed E-state index contributed by atoms with van der Waals surface area (Å²) in [6.45, 7) is 3.08.